The quantitative estimate of drug-likeness (QED) is 0.905. The molecule has 0 unspecified atom stereocenters. The third-order valence-electron chi connectivity index (χ3n) is 3.77. The number of benzene rings is 2. The molecule has 2 aromatic carbocycles. The normalized spacial score (nSPS) is 17.1. The maximum atomic E-state index is 12.0. The predicted octanol–water partition coefficient (Wildman–Crippen LogP) is 1.90. The van der Waals surface area contributed by atoms with Crippen molar-refractivity contribution in [1.29, 1.82) is 0 Å². The van der Waals surface area contributed by atoms with Crippen molar-refractivity contribution in [1.82, 2.24) is 10.6 Å². The summed E-state index contributed by atoms with van der Waals surface area (Å²) in [7, 11) is 0. The second-order valence-corrected chi connectivity index (χ2v) is 5.51. The van der Waals surface area contributed by atoms with E-state index in [1.807, 2.05) is 42.5 Å². The highest BCUT2D eigenvalue weighted by atomic mass is 16.2. The molecular formula is C18H18N2O2. The Morgan fingerprint density at radius 3 is 2.36 bits per heavy atom. The molecule has 0 radical (unpaired) electrons. The Bertz CT molecular complexity index is 665. The van der Waals surface area contributed by atoms with Crippen LogP contribution < -0.4 is 10.6 Å². The number of amides is 2. The summed E-state index contributed by atoms with van der Waals surface area (Å²) in [5.41, 5.74) is 3.26. The van der Waals surface area contributed by atoms with Crippen LogP contribution in [0, 0.1) is 0 Å². The SMILES string of the molecule is O=C1C[C@H](NC(=O)Cc2ccc(-c3ccccc3)cc2)CN1. The molecule has 3 rings (SSSR count). The van der Waals surface area contributed by atoms with Gasteiger partial charge in [-0.25, -0.2) is 0 Å². The molecular weight excluding hydrogens is 276 g/mol. The molecule has 4 heteroatoms. The summed E-state index contributed by atoms with van der Waals surface area (Å²) in [6, 6.07) is 18.0. The molecule has 0 bridgehead atoms. The van der Waals surface area contributed by atoms with E-state index in [0.29, 0.717) is 19.4 Å². The van der Waals surface area contributed by atoms with Crippen molar-refractivity contribution in [2.75, 3.05) is 6.54 Å². The van der Waals surface area contributed by atoms with Gasteiger partial charge in [0.15, 0.2) is 0 Å². The third-order valence-corrected chi connectivity index (χ3v) is 3.77. The number of hydrogen-bond acceptors (Lipinski definition) is 2. The highest BCUT2D eigenvalue weighted by Gasteiger charge is 2.22. The van der Waals surface area contributed by atoms with Crippen molar-refractivity contribution in [3.63, 3.8) is 0 Å². The largest absolute Gasteiger partial charge is 0.354 e. The molecule has 1 atom stereocenters. The van der Waals surface area contributed by atoms with Gasteiger partial charge in [0.1, 0.15) is 0 Å². The summed E-state index contributed by atoms with van der Waals surface area (Å²) in [5.74, 6) is -0.0496. The zero-order chi connectivity index (χ0) is 15.4. The first-order chi connectivity index (χ1) is 10.7. The van der Waals surface area contributed by atoms with E-state index in [0.717, 1.165) is 16.7 Å². The summed E-state index contributed by atoms with van der Waals surface area (Å²) in [6.45, 7) is 0.525. The van der Waals surface area contributed by atoms with E-state index in [1.54, 1.807) is 0 Å². The minimum atomic E-state index is -0.0800. The summed E-state index contributed by atoms with van der Waals surface area (Å²) in [4.78, 5) is 23.1. The van der Waals surface area contributed by atoms with Crippen molar-refractivity contribution in [3.05, 3.63) is 60.2 Å². The van der Waals surface area contributed by atoms with Crippen LogP contribution in [0.25, 0.3) is 11.1 Å². The minimum Gasteiger partial charge on any atom is -0.354 e. The summed E-state index contributed by atoms with van der Waals surface area (Å²) in [5, 5.41) is 5.59. The molecule has 1 heterocycles. The van der Waals surface area contributed by atoms with Gasteiger partial charge in [-0.2, -0.15) is 0 Å². The molecule has 0 aliphatic carbocycles. The monoisotopic (exact) mass is 294 g/mol. The van der Waals surface area contributed by atoms with Crippen molar-refractivity contribution in [3.8, 4) is 11.1 Å². The first kappa shape index (κ1) is 14.3. The van der Waals surface area contributed by atoms with E-state index in [2.05, 4.69) is 22.8 Å². The van der Waals surface area contributed by atoms with Gasteiger partial charge < -0.3 is 10.6 Å². The van der Waals surface area contributed by atoms with Crippen molar-refractivity contribution in [2.45, 2.75) is 18.9 Å². The van der Waals surface area contributed by atoms with Crippen LogP contribution in [0.3, 0.4) is 0 Å². The Balaban J connectivity index is 1.59. The molecule has 4 nitrogen and oxygen atoms in total. The van der Waals surface area contributed by atoms with Crippen LogP contribution in [0.15, 0.2) is 54.6 Å². The van der Waals surface area contributed by atoms with Crippen LogP contribution in [-0.4, -0.2) is 24.4 Å². The Kier molecular flexibility index (Phi) is 4.19. The number of nitrogens with one attached hydrogen (secondary N) is 2. The van der Waals surface area contributed by atoms with Gasteiger partial charge in [0.2, 0.25) is 11.8 Å². The number of hydrogen-bond donors (Lipinski definition) is 2. The smallest absolute Gasteiger partial charge is 0.224 e. The fourth-order valence-corrected chi connectivity index (χ4v) is 2.62. The van der Waals surface area contributed by atoms with Gasteiger partial charge in [-0.05, 0) is 16.7 Å². The Morgan fingerprint density at radius 2 is 1.73 bits per heavy atom. The first-order valence-corrected chi connectivity index (χ1v) is 7.41. The van der Waals surface area contributed by atoms with Crippen LogP contribution in [0.5, 0.6) is 0 Å². The van der Waals surface area contributed by atoms with E-state index >= 15 is 0 Å². The zero-order valence-electron chi connectivity index (χ0n) is 12.2. The number of rotatable bonds is 4. The minimum absolute atomic E-state index is 0.00230. The van der Waals surface area contributed by atoms with E-state index in [9.17, 15) is 9.59 Å². The second-order valence-electron chi connectivity index (χ2n) is 5.51. The Morgan fingerprint density at radius 1 is 1.05 bits per heavy atom. The first-order valence-electron chi connectivity index (χ1n) is 7.41. The molecule has 1 saturated heterocycles. The van der Waals surface area contributed by atoms with Crippen LogP contribution in [0.1, 0.15) is 12.0 Å². The maximum Gasteiger partial charge on any atom is 0.224 e. The highest BCUT2D eigenvalue weighted by molar-refractivity contribution is 5.83. The Hall–Kier alpha value is -2.62. The fourth-order valence-electron chi connectivity index (χ4n) is 2.62. The van der Waals surface area contributed by atoms with Gasteiger partial charge in [0, 0.05) is 13.0 Å². The lowest BCUT2D eigenvalue weighted by molar-refractivity contribution is -0.121. The van der Waals surface area contributed by atoms with Crippen LogP contribution in [0.2, 0.25) is 0 Å². The molecule has 2 amide bonds. The molecule has 0 spiro atoms. The van der Waals surface area contributed by atoms with E-state index in [1.165, 1.54) is 0 Å². The topological polar surface area (TPSA) is 58.2 Å². The van der Waals surface area contributed by atoms with Crippen molar-refractivity contribution >= 4 is 11.8 Å². The van der Waals surface area contributed by atoms with Gasteiger partial charge in [0.05, 0.1) is 12.5 Å². The van der Waals surface area contributed by atoms with Gasteiger partial charge in [-0.3, -0.25) is 9.59 Å². The summed E-state index contributed by atoms with van der Waals surface area (Å²) >= 11 is 0. The molecule has 0 saturated carbocycles. The molecule has 1 fully saturated rings. The van der Waals surface area contributed by atoms with E-state index in [4.69, 9.17) is 0 Å². The van der Waals surface area contributed by atoms with Crippen LogP contribution in [-0.2, 0) is 16.0 Å². The maximum absolute atomic E-state index is 12.0. The number of carbonyl (C=O) groups excluding carboxylic acids is 2. The average Bonchev–Trinajstić information content (AvgIpc) is 2.94. The van der Waals surface area contributed by atoms with Gasteiger partial charge in [-0.15, -0.1) is 0 Å². The molecule has 22 heavy (non-hydrogen) atoms. The molecule has 2 aromatic rings. The van der Waals surface area contributed by atoms with Gasteiger partial charge in [0.25, 0.3) is 0 Å². The van der Waals surface area contributed by atoms with E-state index in [-0.39, 0.29) is 17.9 Å². The summed E-state index contributed by atoms with van der Waals surface area (Å²) < 4.78 is 0. The molecule has 112 valence electrons. The van der Waals surface area contributed by atoms with Gasteiger partial charge in [-0.1, -0.05) is 54.6 Å². The molecule has 2 N–H and O–H groups in total. The molecule has 0 aromatic heterocycles. The third kappa shape index (κ3) is 3.52. The average molecular weight is 294 g/mol. The molecule has 1 aliphatic heterocycles. The lowest BCUT2D eigenvalue weighted by atomic mass is 10.0. The highest BCUT2D eigenvalue weighted by Crippen LogP contribution is 2.19. The van der Waals surface area contributed by atoms with Crippen LogP contribution in [0.4, 0.5) is 0 Å². The lowest BCUT2D eigenvalue weighted by Gasteiger charge is -2.10. The number of carbonyl (C=O) groups is 2. The fraction of sp³-hybridized carbons (Fsp3) is 0.222. The zero-order valence-corrected chi connectivity index (χ0v) is 12.2. The van der Waals surface area contributed by atoms with Gasteiger partial charge >= 0.3 is 0 Å². The predicted molar refractivity (Wildman–Crippen MR) is 85.1 cm³/mol. The summed E-state index contributed by atoms with van der Waals surface area (Å²) in [6.07, 6.45) is 0.707. The standard InChI is InChI=1S/C18H18N2O2/c21-17-11-16(12-19-17)20-18(22)10-13-6-8-15(9-7-13)14-4-2-1-3-5-14/h1-9,16H,10-12H2,(H,19,21)(H,20,22)/t16-/m0/s1. The van der Waals surface area contributed by atoms with E-state index < -0.39 is 0 Å². The van der Waals surface area contributed by atoms with Crippen LogP contribution >= 0.6 is 0 Å². The van der Waals surface area contributed by atoms with Crippen molar-refractivity contribution < 1.29 is 9.59 Å². The second kappa shape index (κ2) is 6.43. The Labute approximate surface area is 129 Å². The lowest BCUT2D eigenvalue weighted by Crippen LogP contribution is -2.37. The van der Waals surface area contributed by atoms with Crippen molar-refractivity contribution in [2.24, 2.45) is 0 Å². The molecule has 1 aliphatic rings.